The molecule has 0 amide bonds. The second-order valence-corrected chi connectivity index (χ2v) is 8.49. The molecular weight excluding hydrogens is 374 g/mol. The molecule has 0 spiro atoms. The van der Waals surface area contributed by atoms with Gasteiger partial charge in [-0.25, -0.2) is 0 Å². The zero-order valence-corrected chi connectivity index (χ0v) is 17.0. The molecule has 2 aromatic rings. The van der Waals surface area contributed by atoms with Crippen LogP contribution in [0.1, 0.15) is 48.3 Å². The molecule has 6 rings (SSSR count). The summed E-state index contributed by atoms with van der Waals surface area (Å²) in [5.41, 5.74) is 7.17. The van der Waals surface area contributed by atoms with Crippen LogP contribution in [-0.2, 0) is 11.2 Å². The van der Waals surface area contributed by atoms with E-state index in [1.165, 1.54) is 28.1 Å². The second kappa shape index (κ2) is 7.05. The van der Waals surface area contributed by atoms with Crippen molar-refractivity contribution in [2.24, 2.45) is 0 Å². The van der Waals surface area contributed by atoms with Gasteiger partial charge in [0.2, 0.25) is 0 Å². The van der Waals surface area contributed by atoms with Crippen LogP contribution in [0.4, 0.5) is 0 Å². The van der Waals surface area contributed by atoms with E-state index in [1.54, 1.807) is 0 Å². The van der Waals surface area contributed by atoms with Crippen LogP contribution in [0.5, 0.6) is 11.5 Å². The van der Waals surface area contributed by atoms with E-state index in [9.17, 15) is 4.79 Å². The van der Waals surface area contributed by atoms with Crippen molar-refractivity contribution in [1.82, 2.24) is 4.90 Å². The number of Topliss-reactive ketones (excluding diaryl/α,β-unsaturated/α-hetero) is 1. The molecule has 0 bridgehead atoms. The summed E-state index contributed by atoms with van der Waals surface area (Å²) in [7, 11) is 0. The van der Waals surface area contributed by atoms with E-state index >= 15 is 0 Å². The monoisotopic (exact) mass is 399 g/mol. The average molecular weight is 399 g/mol. The first-order valence-corrected chi connectivity index (χ1v) is 11.0. The highest BCUT2D eigenvalue weighted by molar-refractivity contribution is 6.00. The largest absolute Gasteiger partial charge is 0.490 e. The van der Waals surface area contributed by atoms with Gasteiger partial charge in [0.25, 0.3) is 0 Å². The summed E-state index contributed by atoms with van der Waals surface area (Å²) in [4.78, 5) is 15.4. The topological polar surface area (TPSA) is 38.8 Å². The second-order valence-electron chi connectivity index (χ2n) is 8.49. The van der Waals surface area contributed by atoms with Crippen molar-refractivity contribution in [3.05, 3.63) is 76.5 Å². The molecule has 3 aliphatic heterocycles. The van der Waals surface area contributed by atoms with Crippen molar-refractivity contribution >= 4 is 11.5 Å². The summed E-state index contributed by atoms with van der Waals surface area (Å²) in [5.74, 6) is 2.03. The van der Waals surface area contributed by atoms with Crippen molar-refractivity contribution in [1.29, 1.82) is 0 Å². The van der Waals surface area contributed by atoms with E-state index in [4.69, 9.17) is 9.47 Å². The zero-order chi connectivity index (χ0) is 20.1. The molecular formula is C26H25NO3. The van der Waals surface area contributed by atoms with Crippen LogP contribution in [0.25, 0.3) is 5.70 Å². The molecule has 2 aromatic carbocycles. The van der Waals surface area contributed by atoms with E-state index in [0.29, 0.717) is 25.4 Å². The molecule has 0 aromatic heterocycles. The highest BCUT2D eigenvalue weighted by Gasteiger charge is 2.38. The Morgan fingerprint density at radius 2 is 1.70 bits per heavy atom. The Kier molecular flexibility index (Phi) is 4.19. The summed E-state index contributed by atoms with van der Waals surface area (Å²) >= 11 is 0. The molecule has 4 nitrogen and oxygen atoms in total. The third-order valence-corrected chi connectivity index (χ3v) is 6.69. The number of rotatable bonds is 1. The lowest BCUT2D eigenvalue weighted by Crippen LogP contribution is -2.36. The van der Waals surface area contributed by atoms with E-state index in [1.807, 2.05) is 6.07 Å². The molecule has 3 heterocycles. The molecule has 152 valence electrons. The molecule has 1 aliphatic carbocycles. The first-order valence-electron chi connectivity index (χ1n) is 11.0. The zero-order valence-electron chi connectivity index (χ0n) is 17.0. The Hall–Kier alpha value is -3.01. The fraction of sp³-hybridized carbons (Fsp3) is 0.346. The van der Waals surface area contributed by atoms with Crippen LogP contribution in [0, 0.1) is 0 Å². The van der Waals surface area contributed by atoms with Crippen molar-refractivity contribution in [3.8, 4) is 11.5 Å². The number of benzene rings is 2. The van der Waals surface area contributed by atoms with Crippen LogP contribution < -0.4 is 9.47 Å². The van der Waals surface area contributed by atoms with Gasteiger partial charge in [0.15, 0.2) is 17.3 Å². The van der Waals surface area contributed by atoms with Crippen molar-refractivity contribution < 1.29 is 14.3 Å². The quantitative estimate of drug-likeness (QED) is 0.687. The minimum Gasteiger partial charge on any atom is -0.490 e. The number of hydrogen-bond donors (Lipinski definition) is 0. The molecule has 0 unspecified atom stereocenters. The third kappa shape index (κ3) is 2.78. The smallest absolute Gasteiger partial charge is 0.161 e. The Morgan fingerprint density at radius 3 is 2.53 bits per heavy atom. The lowest BCUT2D eigenvalue weighted by Gasteiger charge is -2.42. The fourth-order valence-corrected chi connectivity index (χ4v) is 5.30. The minimum atomic E-state index is 0.0159. The van der Waals surface area contributed by atoms with Crippen molar-refractivity contribution in [2.45, 2.75) is 38.0 Å². The van der Waals surface area contributed by atoms with Gasteiger partial charge in [-0.2, -0.15) is 0 Å². The highest BCUT2D eigenvalue weighted by atomic mass is 16.5. The predicted octanol–water partition coefficient (Wildman–Crippen LogP) is 4.85. The highest BCUT2D eigenvalue weighted by Crippen LogP contribution is 2.48. The summed E-state index contributed by atoms with van der Waals surface area (Å²) < 4.78 is 11.9. The maximum absolute atomic E-state index is 13.0. The molecule has 0 saturated carbocycles. The van der Waals surface area contributed by atoms with Crippen LogP contribution in [-0.4, -0.2) is 30.4 Å². The maximum atomic E-state index is 13.0. The van der Waals surface area contributed by atoms with E-state index in [2.05, 4.69) is 47.4 Å². The van der Waals surface area contributed by atoms with Gasteiger partial charge in [-0.05, 0) is 48.6 Å². The Morgan fingerprint density at radius 1 is 0.900 bits per heavy atom. The molecule has 0 fully saturated rings. The maximum Gasteiger partial charge on any atom is 0.161 e. The summed E-state index contributed by atoms with van der Waals surface area (Å²) in [6, 6.07) is 14.8. The van der Waals surface area contributed by atoms with Gasteiger partial charge in [-0.1, -0.05) is 30.3 Å². The van der Waals surface area contributed by atoms with E-state index in [0.717, 1.165) is 49.3 Å². The molecule has 0 saturated heterocycles. The van der Waals surface area contributed by atoms with Gasteiger partial charge < -0.3 is 14.4 Å². The summed E-state index contributed by atoms with van der Waals surface area (Å²) in [6.45, 7) is 2.30. The summed E-state index contributed by atoms with van der Waals surface area (Å²) in [5, 5.41) is 0. The van der Waals surface area contributed by atoms with E-state index in [-0.39, 0.29) is 5.92 Å². The Labute approximate surface area is 176 Å². The molecule has 4 aliphatic rings. The number of hydrogen-bond acceptors (Lipinski definition) is 4. The van der Waals surface area contributed by atoms with Crippen LogP contribution in [0.2, 0.25) is 0 Å². The molecule has 1 atom stereocenters. The van der Waals surface area contributed by atoms with Gasteiger partial charge in [0.05, 0.1) is 13.2 Å². The lowest BCUT2D eigenvalue weighted by molar-refractivity contribution is -0.116. The summed E-state index contributed by atoms with van der Waals surface area (Å²) in [6.07, 6.45) is 6.74. The van der Waals surface area contributed by atoms with Gasteiger partial charge in [0, 0.05) is 47.8 Å². The van der Waals surface area contributed by atoms with Crippen molar-refractivity contribution in [2.75, 3.05) is 19.8 Å². The SMILES string of the molecule is O=C1CCCC2=C1[C@H](c1ccccc1)C=C1c3cc4c(cc3CCN12)OCCCO4. The number of fused-ring (bicyclic) bond motifs is 5. The number of carbonyl (C=O) groups excluding carboxylic acids is 1. The Balaban J connectivity index is 1.52. The van der Waals surface area contributed by atoms with Crippen LogP contribution in [0.15, 0.2) is 59.8 Å². The molecule has 0 N–H and O–H groups in total. The predicted molar refractivity (Wildman–Crippen MR) is 116 cm³/mol. The van der Waals surface area contributed by atoms with Gasteiger partial charge >= 0.3 is 0 Å². The first kappa shape index (κ1) is 17.8. The van der Waals surface area contributed by atoms with Gasteiger partial charge in [0.1, 0.15) is 0 Å². The number of nitrogens with zero attached hydrogens (tertiary/aromatic N) is 1. The fourth-order valence-electron chi connectivity index (χ4n) is 5.30. The first-order chi connectivity index (χ1) is 14.8. The minimum absolute atomic E-state index is 0.0159. The number of allylic oxidation sites excluding steroid dienone is 3. The average Bonchev–Trinajstić information content (AvgIpc) is 3.02. The number of ether oxygens (including phenoxy) is 2. The van der Waals surface area contributed by atoms with Gasteiger partial charge in [-0.15, -0.1) is 0 Å². The third-order valence-electron chi connectivity index (χ3n) is 6.69. The standard InChI is InChI=1S/C26H25NO3/c28-23-9-4-8-21-26(23)20(17-6-2-1-3-7-17)15-22-19-16-25-24(29-12-5-13-30-25)14-18(19)10-11-27(21)22/h1-3,6-7,14-16,20H,4-5,8-13H2/t20-/m0/s1. The van der Waals surface area contributed by atoms with Crippen molar-refractivity contribution in [3.63, 3.8) is 0 Å². The number of ketones is 1. The lowest BCUT2D eigenvalue weighted by atomic mass is 9.77. The normalized spacial score (nSPS) is 22.5. The Bertz CT molecular complexity index is 1080. The molecule has 0 radical (unpaired) electrons. The van der Waals surface area contributed by atoms with Gasteiger partial charge in [-0.3, -0.25) is 4.79 Å². The van der Waals surface area contributed by atoms with E-state index < -0.39 is 0 Å². The van der Waals surface area contributed by atoms with Crippen LogP contribution in [0.3, 0.4) is 0 Å². The molecule has 30 heavy (non-hydrogen) atoms. The van der Waals surface area contributed by atoms with Crippen LogP contribution >= 0.6 is 0 Å². The molecule has 4 heteroatoms. The number of carbonyl (C=O) groups is 1.